The summed E-state index contributed by atoms with van der Waals surface area (Å²) >= 11 is 0. The van der Waals surface area contributed by atoms with Gasteiger partial charge in [-0.15, -0.1) is 0 Å². The Labute approximate surface area is 99.5 Å². The fraction of sp³-hybridized carbons (Fsp3) is 0.308. The number of carboxylic acids is 1. The predicted octanol–water partition coefficient (Wildman–Crippen LogP) is 3.10. The van der Waals surface area contributed by atoms with E-state index in [9.17, 15) is 9.18 Å². The lowest BCUT2D eigenvalue weighted by Crippen LogP contribution is -1.99. The van der Waals surface area contributed by atoms with Gasteiger partial charge in [-0.05, 0) is 24.6 Å². The summed E-state index contributed by atoms with van der Waals surface area (Å²) in [7, 11) is 0. The molecule has 1 N–H and O–H groups in total. The van der Waals surface area contributed by atoms with Crippen molar-refractivity contribution in [3.63, 3.8) is 0 Å². The third kappa shape index (κ3) is 4.68. The van der Waals surface area contributed by atoms with Crippen molar-refractivity contribution in [1.29, 1.82) is 0 Å². The van der Waals surface area contributed by atoms with Gasteiger partial charge in [-0.3, -0.25) is 0 Å². The number of hydrogen-bond donors (Lipinski definition) is 1. The van der Waals surface area contributed by atoms with E-state index in [2.05, 4.69) is 0 Å². The van der Waals surface area contributed by atoms with Crippen LogP contribution in [0.2, 0.25) is 0 Å². The predicted molar refractivity (Wildman–Crippen MR) is 63.5 cm³/mol. The van der Waals surface area contributed by atoms with Crippen LogP contribution in [0.25, 0.3) is 6.08 Å². The Bertz CT molecular complexity index is 413. The minimum atomic E-state index is -1.05. The van der Waals surface area contributed by atoms with Gasteiger partial charge in [0.25, 0.3) is 0 Å². The standard InChI is InChI=1S/C13H15FO3/c1-2-3-8-17-12-9-11(14)6-4-10(12)5-7-13(15)16/h4-7,9H,2-3,8H2,1H3,(H,15,16). The van der Waals surface area contributed by atoms with Gasteiger partial charge in [-0.25, -0.2) is 9.18 Å². The highest BCUT2D eigenvalue weighted by Gasteiger charge is 2.03. The zero-order valence-corrected chi connectivity index (χ0v) is 9.65. The van der Waals surface area contributed by atoms with E-state index in [0.717, 1.165) is 18.9 Å². The number of aliphatic carboxylic acids is 1. The summed E-state index contributed by atoms with van der Waals surface area (Å²) in [5, 5.41) is 8.53. The highest BCUT2D eigenvalue weighted by molar-refractivity contribution is 5.85. The molecule has 1 aromatic carbocycles. The molecule has 17 heavy (non-hydrogen) atoms. The van der Waals surface area contributed by atoms with E-state index in [1.165, 1.54) is 24.3 Å². The van der Waals surface area contributed by atoms with Crippen molar-refractivity contribution in [1.82, 2.24) is 0 Å². The van der Waals surface area contributed by atoms with Crippen molar-refractivity contribution in [3.8, 4) is 5.75 Å². The van der Waals surface area contributed by atoms with Crippen molar-refractivity contribution in [2.24, 2.45) is 0 Å². The molecule has 0 amide bonds. The van der Waals surface area contributed by atoms with Crippen LogP contribution in [0.4, 0.5) is 4.39 Å². The van der Waals surface area contributed by atoms with E-state index >= 15 is 0 Å². The summed E-state index contributed by atoms with van der Waals surface area (Å²) in [4.78, 5) is 10.4. The number of carboxylic acid groups (broad SMARTS) is 1. The normalized spacial score (nSPS) is 10.7. The van der Waals surface area contributed by atoms with Crippen LogP contribution in [-0.2, 0) is 4.79 Å². The molecule has 0 heterocycles. The van der Waals surface area contributed by atoms with E-state index in [1.807, 2.05) is 6.92 Å². The Balaban J connectivity index is 2.83. The molecule has 1 aromatic rings. The van der Waals surface area contributed by atoms with Crippen molar-refractivity contribution in [2.45, 2.75) is 19.8 Å². The molecule has 0 saturated heterocycles. The smallest absolute Gasteiger partial charge is 0.328 e. The van der Waals surface area contributed by atoms with Crippen LogP contribution < -0.4 is 4.74 Å². The molecule has 0 unspecified atom stereocenters. The van der Waals surface area contributed by atoms with Gasteiger partial charge >= 0.3 is 5.97 Å². The fourth-order valence-corrected chi connectivity index (χ4v) is 1.26. The molecule has 0 aliphatic heterocycles. The average Bonchev–Trinajstić information content (AvgIpc) is 2.28. The monoisotopic (exact) mass is 238 g/mol. The first-order valence-corrected chi connectivity index (χ1v) is 5.47. The summed E-state index contributed by atoms with van der Waals surface area (Å²) in [6, 6.07) is 4.03. The maximum Gasteiger partial charge on any atom is 0.328 e. The first-order chi connectivity index (χ1) is 8.13. The molecule has 0 radical (unpaired) electrons. The van der Waals surface area contributed by atoms with Gasteiger partial charge in [-0.2, -0.15) is 0 Å². The number of carbonyl (C=O) groups is 1. The maximum atomic E-state index is 13.0. The van der Waals surface area contributed by atoms with Crippen LogP contribution in [0.15, 0.2) is 24.3 Å². The summed E-state index contributed by atoms with van der Waals surface area (Å²) in [5.41, 5.74) is 0.560. The first-order valence-electron chi connectivity index (χ1n) is 5.47. The zero-order valence-electron chi connectivity index (χ0n) is 9.65. The highest BCUT2D eigenvalue weighted by atomic mass is 19.1. The molecular weight excluding hydrogens is 223 g/mol. The molecule has 0 bridgehead atoms. The van der Waals surface area contributed by atoms with Gasteiger partial charge in [0.2, 0.25) is 0 Å². The van der Waals surface area contributed by atoms with Crippen molar-refractivity contribution >= 4 is 12.0 Å². The molecule has 0 spiro atoms. The molecule has 0 atom stereocenters. The Kier molecular flexibility index (Phi) is 5.20. The van der Waals surface area contributed by atoms with Crippen molar-refractivity contribution < 1.29 is 19.0 Å². The lowest BCUT2D eigenvalue weighted by Gasteiger charge is -2.08. The summed E-state index contributed by atoms with van der Waals surface area (Å²) in [6.45, 7) is 2.52. The number of hydrogen-bond acceptors (Lipinski definition) is 2. The molecule has 3 nitrogen and oxygen atoms in total. The minimum Gasteiger partial charge on any atom is -0.493 e. The SMILES string of the molecule is CCCCOc1cc(F)ccc1C=CC(=O)O. The molecule has 0 fully saturated rings. The summed E-state index contributed by atoms with van der Waals surface area (Å²) in [5.74, 6) is -1.08. The molecule has 0 aliphatic carbocycles. The second-order valence-corrected chi connectivity index (χ2v) is 3.56. The topological polar surface area (TPSA) is 46.5 Å². The van der Waals surface area contributed by atoms with Gasteiger partial charge in [0.15, 0.2) is 0 Å². The molecule has 0 saturated carbocycles. The summed E-state index contributed by atoms with van der Waals surface area (Å²) in [6.07, 6.45) is 4.25. The van der Waals surface area contributed by atoms with Gasteiger partial charge in [0.05, 0.1) is 6.61 Å². The van der Waals surface area contributed by atoms with Gasteiger partial charge in [0.1, 0.15) is 11.6 Å². The van der Waals surface area contributed by atoms with Crippen LogP contribution in [0, 0.1) is 5.82 Å². The maximum absolute atomic E-state index is 13.0. The third-order valence-electron chi connectivity index (χ3n) is 2.14. The minimum absolute atomic E-state index is 0.371. The number of unbranched alkanes of at least 4 members (excludes halogenated alkanes) is 1. The largest absolute Gasteiger partial charge is 0.493 e. The van der Waals surface area contributed by atoms with E-state index in [1.54, 1.807) is 0 Å². The summed E-state index contributed by atoms with van der Waals surface area (Å²) < 4.78 is 18.4. The van der Waals surface area contributed by atoms with Crippen LogP contribution in [-0.4, -0.2) is 17.7 Å². The lowest BCUT2D eigenvalue weighted by atomic mass is 10.2. The highest BCUT2D eigenvalue weighted by Crippen LogP contribution is 2.21. The van der Waals surface area contributed by atoms with Crippen molar-refractivity contribution in [3.05, 3.63) is 35.7 Å². The Morgan fingerprint density at radius 1 is 1.53 bits per heavy atom. The fourth-order valence-electron chi connectivity index (χ4n) is 1.26. The molecule has 4 heteroatoms. The quantitative estimate of drug-likeness (QED) is 0.612. The first kappa shape index (κ1) is 13.2. The molecule has 92 valence electrons. The Morgan fingerprint density at radius 2 is 2.29 bits per heavy atom. The second-order valence-electron chi connectivity index (χ2n) is 3.56. The number of ether oxygens (including phenoxy) is 1. The van der Waals surface area contributed by atoms with E-state index in [0.29, 0.717) is 17.9 Å². The molecule has 0 aromatic heterocycles. The number of rotatable bonds is 6. The van der Waals surface area contributed by atoms with E-state index < -0.39 is 11.8 Å². The zero-order chi connectivity index (χ0) is 12.7. The van der Waals surface area contributed by atoms with Crippen LogP contribution in [0.3, 0.4) is 0 Å². The van der Waals surface area contributed by atoms with Gasteiger partial charge in [-0.1, -0.05) is 13.3 Å². The second kappa shape index (κ2) is 6.68. The van der Waals surface area contributed by atoms with Crippen LogP contribution in [0.1, 0.15) is 25.3 Å². The Hall–Kier alpha value is -1.84. The van der Waals surface area contributed by atoms with Crippen LogP contribution in [0.5, 0.6) is 5.75 Å². The number of halogens is 1. The molecule has 1 rings (SSSR count). The van der Waals surface area contributed by atoms with Gasteiger partial charge < -0.3 is 9.84 Å². The van der Waals surface area contributed by atoms with Gasteiger partial charge in [0, 0.05) is 17.7 Å². The molecular formula is C13H15FO3. The average molecular weight is 238 g/mol. The van der Waals surface area contributed by atoms with E-state index in [-0.39, 0.29) is 0 Å². The van der Waals surface area contributed by atoms with E-state index in [4.69, 9.17) is 9.84 Å². The number of benzene rings is 1. The molecule has 0 aliphatic rings. The van der Waals surface area contributed by atoms with Crippen molar-refractivity contribution in [2.75, 3.05) is 6.61 Å². The Morgan fingerprint density at radius 3 is 2.94 bits per heavy atom. The van der Waals surface area contributed by atoms with Crippen LogP contribution >= 0.6 is 0 Å². The third-order valence-corrected chi connectivity index (χ3v) is 2.14. The lowest BCUT2D eigenvalue weighted by molar-refractivity contribution is -0.131.